The molecule has 0 unspecified atom stereocenters. The van der Waals surface area contributed by atoms with Gasteiger partial charge in [-0.15, -0.1) is 0 Å². The highest BCUT2D eigenvalue weighted by Gasteiger charge is 2.24. The zero-order chi connectivity index (χ0) is 19.7. The van der Waals surface area contributed by atoms with Crippen molar-refractivity contribution in [3.05, 3.63) is 65.5 Å². The molecule has 1 N–H and O–H groups in total. The Balaban J connectivity index is 1.55. The van der Waals surface area contributed by atoms with Gasteiger partial charge in [0.2, 0.25) is 0 Å². The molecule has 2 aromatic carbocycles. The first-order valence-corrected chi connectivity index (χ1v) is 10.1. The van der Waals surface area contributed by atoms with Crippen molar-refractivity contribution in [2.75, 3.05) is 13.1 Å². The van der Waals surface area contributed by atoms with Gasteiger partial charge < -0.3 is 9.88 Å². The van der Waals surface area contributed by atoms with Crippen LogP contribution in [0.2, 0.25) is 0 Å². The van der Waals surface area contributed by atoms with Gasteiger partial charge >= 0.3 is 0 Å². The highest BCUT2D eigenvalue weighted by molar-refractivity contribution is 5.97. The van der Waals surface area contributed by atoms with E-state index in [-0.39, 0.29) is 5.91 Å². The number of amides is 1. The zero-order valence-electron chi connectivity index (χ0n) is 16.9. The molecular formula is C23H28N4O. The molecule has 4 rings (SSSR count). The van der Waals surface area contributed by atoms with Crippen LogP contribution in [0.4, 0.5) is 0 Å². The molecule has 1 aliphatic rings. The van der Waals surface area contributed by atoms with Crippen molar-refractivity contribution in [2.45, 2.75) is 39.9 Å². The molecule has 0 radical (unpaired) electrons. The van der Waals surface area contributed by atoms with Gasteiger partial charge in [-0.1, -0.05) is 44.2 Å². The lowest BCUT2D eigenvalue weighted by atomic mass is 10.1. The molecular weight excluding hydrogens is 348 g/mol. The average Bonchev–Trinajstić information content (AvgIpc) is 3.08. The third-order valence-electron chi connectivity index (χ3n) is 5.55. The maximum Gasteiger partial charge on any atom is 0.251 e. The smallest absolute Gasteiger partial charge is 0.251 e. The molecule has 146 valence electrons. The van der Waals surface area contributed by atoms with Crippen LogP contribution < -0.4 is 5.32 Å². The van der Waals surface area contributed by atoms with Crippen molar-refractivity contribution in [2.24, 2.45) is 5.92 Å². The molecule has 1 atom stereocenters. The number of imidazole rings is 1. The van der Waals surface area contributed by atoms with Crippen LogP contribution in [-0.4, -0.2) is 33.4 Å². The number of hydrogen-bond donors (Lipinski definition) is 1. The number of aromatic nitrogens is 2. The van der Waals surface area contributed by atoms with Crippen LogP contribution >= 0.6 is 0 Å². The zero-order valence-corrected chi connectivity index (χ0v) is 16.9. The lowest BCUT2D eigenvalue weighted by Gasteiger charge is -2.33. The fourth-order valence-corrected chi connectivity index (χ4v) is 3.85. The summed E-state index contributed by atoms with van der Waals surface area (Å²) in [7, 11) is 0. The van der Waals surface area contributed by atoms with Gasteiger partial charge in [-0.25, -0.2) is 4.98 Å². The third kappa shape index (κ3) is 3.67. The predicted molar refractivity (Wildman–Crippen MR) is 112 cm³/mol. The summed E-state index contributed by atoms with van der Waals surface area (Å²) < 4.78 is 2.29. The van der Waals surface area contributed by atoms with E-state index in [2.05, 4.69) is 65.9 Å². The number of rotatable bonds is 5. The molecule has 0 fully saturated rings. The number of benzene rings is 2. The Morgan fingerprint density at radius 2 is 1.89 bits per heavy atom. The molecule has 0 saturated carbocycles. The Morgan fingerprint density at radius 1 is 1.11 bits per heavy atom. The van der Waals surface area contributed by atoms with E-state index in [4.69, 9.17) is 4.98 Å². The van der Waals surface area contributed by atoms with Gasteiger partial charge in [-0.3, -0.25) is 9.69 Å². The summed E-state index contributed by atoms with van der Waals surface area (Å²) >= 11 is 0. The summed E-state index contributed by atoms with van der Waals surface area (Å²) in [5, 5.41) is 2.98. The van der Waals surface area contributed by atoms with Gasteiger partial charge in [0.15, 0.2) is 0 Å². The lowest BCUT2D eigenvalue weighted by Crippen LogP contribution is -2.35. The van der Waals surface area contributed by atoms with Gasteiger partial charge in [0, 0.05) is 31.2 Å². The van der Waals surface area contributed by atoms with Crippen molar-refractivity contribution in [1.29, 1.82) is 0 Å². The Hall–Kier alpha value is -2.66. The molecule has 1 aliphatic heterocycles. The van der Waals surface area contributed by atoms with Crippen LogP contribution in [0, 0.1) is 5.92 Å². The summed E-state index contributed by atoms with van der Waals surface area (Å²) in [4.78, 5) is 19.7. The quantitative estimate of drug-likeness (QED) is 0.732. The molecule has 5 nitrogen and oxygen atoms in total. The highest BCUT2D eigenvalue weighted by Crippen LogP contribution is 2.27. The molecule has 2 heterocycles. The Morgan fingerprint density at radius 3 is 2.64 bits per heavy atom. The molecule has 0 bridgehead atoms. The number of fused-ring (bicyclic) bond motifs is 3. The van der Waals surface area contributed by atoms with Crippen LogP contribution in [0.25, 0.3) is 11.0 Å². The van der Waals surface area contributed by atoms with Crippen LogP contribution in [0.5, 0.6) is 0 Å². The molecule has 1 amide bonds. The van der Waals surface area contributed by atoms with E-state index in [0.29, 0.717) is 24.1 Å². The van der Waals surface area contributed by atoms with Gasteiger partial charge in [0.1, 0.15) is 5.82 Å². The SMILES string of the molecule is CC(C)CNC(=O)c1ccc2c(c1)nc1n2CCN([C@@H](C)c2ccccc2)C1. The van der Waals surface area contributed by atoms with Crippen LogP contribution in [0.15, 0.2) is 48.5 Å². The van der Waals surface area contributed by atoms with E-state index >= 15 is 0 Å². The third-order valence-corrected chi connectivity index (χ3v) is 5.55. The van der Waals surface area contributed by atoms with E-state index in [1.54, 1.807) is 0 Å². The van der Waals surface area contributed by atoms with Crippen molar-refractivity contribution >= 4 is 16.9 Å². The highest BCUT2D eigenvalue weighted by atomic mass is 16.1. The number of nitrogens with one attached hydrogen (secondary N) is 1. The first-order valence-electron chi connectivity index (χ1n) is 10.1. The number of carbonyl (C=O) groups excluding carboxylic acids is 1. The van der Waals surface area contributed by atoms with E-state index in [1.807, 2.05) is 18.2 Å². The summed E-state index contributed by atoms with van der Waals surface area (Å²) in [5.41, 5.74) is 4.03. The summed E-state index contributed by atoms with van der Waals surface area (Å²) in [5.74, 6) is 1.48. The van der Waals surface area contributed by atoms with Gasteiger partial charge in [-0.05, 0) is 36.6 Å². The maximum absolute atomic E-state index is 12.4. The van der Waals surface area contributed by atoms with Gasteiger partial charge in [0.25, 0.3) is 5.91 Å². The number of carbonyl (C=O) groups is 1. The van der Waals surface area contributed by atoms with Gasteiger partial charge in [0.05, 0.1) is 17.6 Å². The minimum Gasteiger partial charge on any atom is -0.352 e. The Bertz CT molecular complexity index is 977. The number of nitrogens with zero attached hydrogens (tertiary/aromatic N) is 3. The largest absolute Gasteiger partial charge is 0.352 e. The molecule has 0 spiro atoms. The van der Waals surface area contributed by atoms with E-state index < -0.39 is 0 Å². The normalized spacial score (nSPS) is 15.6. The second-order valence-electron chi connectivity index (χ2n) is 8.04. The van der Waals surface area contributed by atoms with Crippen LogP contribution in [0.3, 0.4) is 0 Å². The molecule has 1 aromatic heterocycles. The minimum atomic E-state index is -0.0269. The summed E-state index contributed by atoms with van der Waals surface area (Å²) in [6.45, 7) is 9.85. The molecule has 0 saturated heterocycles. The van der Waals surface area contributed by atoms with Crippen molar-refractivity contribution in [3.8, 4) is 0 Å². The second kappa shape index (κ2) is 7.76. The van der Waals surface area contributed by atoms with E-state index in [9.17, 15) is 4.79 Å². The minimum absolute atomic E-state index is 0.0269. The Labute approximate surface area is 166 Å². The van der Waals surface area contributed by atoms with E-state index in [1.165, 1.54) is 5.56 Å². The Kier molecular flexibility index (Phi) is 5.18. The van der Waals surface area contributed by atoms with Crippen LogP contribution in [0.1, 0.15) is 48.6 Å². The first-order chi connectivity index (χ1) is 13.5. The average molecular weight is 377 g/mol. The van der Waals surface area contributed by atoms with Crippen molar-refractivity contribution in [3.63, 3.8) is 0 Å². The summed E-state index contributed by atoms with van der Waals surface area (Å²) in [6.07, 6.45) is 0. The molecule has 5 heteroatoms. The fourth-order valence-electron chi connectivity index (χ4n) is 3.85. The first kappa shape index (κ1) is 18.7. The molecule has 0 aliphatic carbocycles. The standard InChI is InChI=1S/C23H28N4O/c1-16(2)14-24-23(28)19-9-10-21-20(13-19)25-22-15-26(11-12-27(21)22)17(3)18-7-5-4-6-8-18/h4-10,13,16-17H,11-12,14-15H2,1-3H3,(H,24,28)/t17-/m0/s1. The number of hydrogen-bond acceptors (Lipinski definition) is 3. The van der Waals surface area contributed by atoms with Gasteiger partial charge in [-0.2, -0.15) is 0 Å². The fraction of sp³-hybridized carbons (Fsp3) is 0.391. The molecule has 3 aromatic rings. The lowest BCUT2D eigenvalue weighted by molar-refractivity contribution is 0.0949. The summed E-state index contributed by atoms with van der Waals surface area (Å²) in [6, 6.07) is 16.8. The van der Waals surface area contributed by atoms with Crippen molar-refractivity contribution < 1.29 is 4.79 Å². The van der Waals surface area contributed by atoms with Crippen molar-refractivity contribution in [1.82, 2.24) is 19.8 Å². The second-order valence-corrected chi connectivity index (χ2v) is 8.04. The monoisotopic (exact) mass is 376 g/mol. The van der Waals surface area contributed by atoms with Crippen LogP contribution in [-0.2, 0) is 13.1 Å². The topological polar surface area (TPSA) is 50.2 Å². The predicted octanol–water partition coefficient (Wildman–Crippen LogP) is 4.00. The van der Waals surface area contributed by atoms with E-state index in [0.717, 1.165) is 36.5 Å². The molecule has 28 heavy (non-hydrogen) atoms. The maximum atomic E-state index is 12.4.